The highest BCUT2D eigenvalue weighted by atomic mass is 32.1. The molecule has 0 aromatic carbocycles. The van der Waals surface area contributed by atoms with Crippen LogP contribution in [0.15, 0.2) is 23.2 Å². The molecule has 6 nitrogen and oxygen atoms in total. The molecule has 0 radical (unpaired) electrons. The average Bonchev–Trinajstić information content (AvgIpc) is 3.23. The van der Waals surface area contributed by atoms with Crippen LogP contribution in [0.4, 0.5) is 10.9 Å². The maximum atomic E-state index is 9.65. The molecule has 1 aliphatic heterocycles. The number of thiazole rings is 2. The lowest BCUT2D eigenvalue weighted by molar-refractivity contribution is 0.276. The van der Waals surface area contributed by atoms with Crippen LogP contribution in [-0.4, -0.2) is 45.7 Å². The van der Waals surface area contributed by atoms with E-state index in [0.29, 0.717) is 0 Å². The molecule has 0 amide bonds. The number of piperazine rings is 1. The van der Waals surface area contributed by atoms with Gasteiger partial charge in [-0.1, -0.05) is 0 Å². The van der Waals surface area contributed by atoms with E-state index in [1.807, 2.05) is 27.6 Å². The van der Waals surface area contributed by atoms with Gasteiger partial charge in [-0.2, -0.15) is 0 Å². The number of aromatic nitrogens is 3. The van der Waals surface area contributed by atoms with Crippen molar-refractivity contribution in [1.82, 2.24) is 14.4 Å². The van der Waals surface area contributed by atoms with Crippen molar-refractivity contribution in [3.05, 3.63) is 28.8 Å². The fourth-order valence-electron chi connectivity index (χ4n) is 2.70. The highest BCUT2D eigenvalue weighted by Gasteiger charge is 2.23. The lowest BCUT2D eigenvalue weighted by Gasteiger charge is -2.35. The largest absolute Gasteiger partial charge is 0.390 e. The van der Waals surface area contributed by atoms with Crippen LogP contribution in [0.1, 0.15) is 5.69 Å². The third-order valence-corrected chi connectivity index (χ3v) is 5.35. The summed E-state index contributed by atoms with van der Waals surface area (Å²) in [6.45, 7) is 3.68. The Morgan fingerprint density at radius 2 is 1.90 bits per heavy atom. The van der Waals surface area contributed by atoms with E-state index in [4.69, 9.17) is 0 Å². The molecular weight excluding hydrogens is 306 g/mol. The number of hydrogen-bond donors (Lipinski definition) is 1. The molecule has 1 saturated heterocycles. The van der Waals surface area contributed by atoms with Gasteiger partial charge in [0.1, 0.15) is 0 Å². The first-order valence-electron chi connectivity index (χ1n) is 6.81. The minimum atomic E-state index is 0.0138. The molecule has 0 spiro atoms. The summed E-state index contributed by atoms with van der Waals surface area (Å²) in [7, 11) is 0. The van der Waals surface area contributed by atoms with E-state index in [1.165, 1.54) is 0 Å². The summed E-state index contributed by atoms with van der Waals surface area (Å²) in [5.74, 6) is 0.920. The number of nitrogens with zero attached hydrogens (tertiary/aromatic N) is 5. The van der Waals surface area contributed by atoms with Crippen molar-refractivity contribution in [3.8, 4) is 0 Å². The van der Waals surface area contributed by atoms with Crippen molar-refractivity contribution < 1.29 is 5.11 Å². The highest BCUT2D eigenvalue weighted by molar-refractivity contribution is 7.15. The first kappa shape index (κ1) is 13.1. The van der Waals surface area contributed by atoms with Gasteiger partial charge in [0, 0.05) is 49.3 Å². The fourth-order valence-corrected chi connectivity index (χ4v) is 4.13. The van der Waals surface area contributed by atoms with Crippen molar-refractivity contribution >= 4 is 38.6 Å². The lowest BCUT2D eigenvalue weighted by Crippen LogP contribution is -2.47. The van der Waals surface area contributed by atoms with Crippen molar-refractivity contribution in [2.75, 3.05) is 36.0 Å². The van der Waals surface area contributed by atoms with Gasteiger partial charge in [-0.3, -0.25) is 4.40 Å². The Bertz CT molecular complexity index is 727. The Balaban J connectivity index is 1.56. The van der Waals surface area contributed by atoms with E-state index in [0.717, 1.165) is 47.8 Å². The number of fused-ring (bicyclic) bond motifs is 1. The lowest BCUT2D eigenvalue weighted by atomic mass is 10.3. The summed E-state index contributed by atoms with van der Waals surface area (Å²) in [4.78, 5) is 14.5. The van der Waals surface area contributed by atoms with Crippen LogP contribution in [0.5, 0.6) is 0 Å². The Labute approximate surface area is 129 Å². The monoisotopic (exact) mass is 321 g/mol. The first-order chi connectivity index (χ1) is 10.4. The minimum absolute atomic E-state index is 0.0138. The number of hydrogen-bond acceptors (Lipinski definition) is 7. The summed E-state index contributed by atoms with van der Waals surface area (Å²) in [5.41, 5.74) is 0.883. The SMILES string of the molecule is OCc1c(N2CCN(c3nccs3)CC2)nc2sccn12. The van der Waals surface area contributed by atoms with Gasteiger partial charge in [0.25, 0.3) is 0 Å². The molecule has 110 valence electrons. The molecule has 0 saturated carbocycles. The van der Waals surface area contributed by atoms with E-state index in [9.17, 15) is 5.11 Å². The molecule has 0 atom stereocenters. The van der Waals surface area contributed by atoms with Crippen molar-refractivity contribution in [3.63, 3.8) is 0 Å². The van der Waals surface area contributed by atoms with Crippen LogP contribution in [0.25, 0.3) is 4.96 Å². The maximum Gasteiger partial charge on any atom is 0.195 e. The van der Waals surface area contributed by atoms with Crippen molar-refractivity contribution in [2.24, 2.45) is 0 Å². The molecule has 0 bridgehead atoms. The van der Waals surface area contributed by atoms with Gasteiger partial charge in [0.05, 0.1) is 12.3 Å². The van der Waals surface area contributed by atoms with Crippen LogP contribution in [0, 0.1) is 0 Å². The number of aliphatic hydroxyl groups excluding tert-OH is 1. The van der Waals surface area contributed by atoms with Gasteiger partial charge in [-0.05, 0) is 0 Å². The predicted molar refractivity (Wildman–Crippen MR) is 85.5 cm³/mol. The predicted octanol–water partition coefficient (Wildman–Crippen LogP) is 1.67. The third-order valence-electron chi connectivity index (χ3n) is 3.76. The summed E-state index contributed by atoms with van der Waals surface area (Å²) in [5, 5.41) is 14.7. The minimum Gasteiger partial charge on any atom is -0.390 e. The molecular formula is C13H15N5OS2. The average molecular weight is 321 g/mol. The molecule has 8 heteroatoms. The highest BCUT2D eigenvalue weighted by Crippen LogP contribution is 2.27. The Kier molecular flexibility index (Phi) is 3.28. The summed E-state index contributed by atoms with van der Waals surface area (Å²) in [6, 6.07) is 0. The van der Waals surface area contributed by atoms with Crippen molar-refractivity contribution in [1.29, 1.82) is 0 Å². The molecule has 0 aliphatic carbocycles. The normalized spacial score (nSPS) is 16.0. The zero-order valence-corrected chi connectivity index (χ0v) is 13.0. The van der Waals surface area contributed by atoms with Crippen LogP contribution < -0.4 is 9.80 Å². The third kappa shape index (κ3) is 2.19. The number of rotatable bonds is 3. The molecule has 4 heterocycles. The van der Waals surface area contributed by atoms with Crippen LogP contribution in [0.3, 0.4) is 0 Å². The Morgan fingerprint density at radius 3 is 2.62 bits per heavy atom. The summed E-state index contributed by atoms with van der Waals surface area (Å²) < 4.78 is 1.98. The van der Waals surface area contributed by atoms with Gasteiger partial charge in [0.2, 0.25) is 0 Å². The number of aliphatic hydroxyl groups is 1. The van der Waals surface area contributed by atoms with Crippen LogP contribution >= 0.6 is 22.7 Å². The molecule has 1 fully saturated rings. The van der Waals surface area contributed by atoms with E-state index in [2.05, 4.69) is 19.8 Å². The molecule has 21 heavy (non-hydrogen) atoms. The quantitative estimate of drug-likeness (QED) is 0.795. The molecule has 3 aromatic rings. The second-order valence-corrected chi connectivity index (χ2v) is 6.63. The van der Waals surface area contributed by atoms with E-state index < -0.39 is 0 Å². The maximum absolute atomic E-state index is 9.65. The van der Waals surface area contributed by atoms with Gasteiger partial charge in [-0.15, -0.1) is 22.7 Å². The van der Waals surface area contributed by atoms with E-state index in [1.54, 1.807) is 22.7 Å². The summed E-state index contributed by atoms with van der Waals surface area (Å²) in [6.07, 6.45) is 3.81. The van der Waals surface area contributed by atoms with Crippen LogP contribution in [0.2, 0.25) is 0 Å². The summed E-state index contributed by atoms with van der Waals surface area (Å²) >= 11 is 3.27. The molecule has 1 N–H and O–H groups in total. The fraction of sp³-hybridized carbons (Fsp3) is 0.385. The molecule has 0 unspecified atom stereocenters. The van der Waals surface area contributed by atoms with E-state index >= 15 is 0 Å². The number of anilines is 2. The topological polar surface area (TPSA) is 56.9 Å². The molecule has 3 aromatic heterocycles. The second-order valence-electron chi connectivity index (χ2n) is 4.88. The van der Waals surface area contributed by atoms with E-state index in [-0.39, 0.29) is 6.61 Å². The Hall–Kier alpha value is -1.64. The van der Waals surface area contributed by atoms with Gasteiger partial charge < -0.3 is 14.9 Å². The molecule has 4 rings (SSSR count). The van der Waals surface area contributed by atoms with Crippen molar-refractivity contribution in [2.45, 2.75) is 6.61 Å². The van der Waals surface area contributed by atoms with Gasteiger partial charge in [0.15, 0.2) is 15.9 Å². The standard InChI is InChI=1S/C13H15N5OS2/c19-9-10-11(15-13-18(10)6-8-21-13)16-2-4-17(5-3-16)12-14-1-7-20-12/h1,6-8,19H,2-5,9H2. The number of imidazole rings is 1. The first-order valence-corrected chi connectivity index (χ1v) is 8.57. The zero-order valence-electron chi connectivity index (χ0n) is 11.3. The second kappa shape index (κ2) is 5.28. The zero-order chi connectivity index (χ0) is 14.2. The molecule has 1 aliphatic rings. The van der Waals surface area contributed by atoms with Crippen LogP contribution in [-0.2, 0) is 6.61 Å². The Morgan fingerprint density at radius 1 is 1.10 bits per heavy atom. The van der Waals surface area contributed by atoms with Gasteiger partial charge >= 0.3 is 0 Å². The smallest absolute Gasteiger partial charge is 0.195 e. The van der Waals surface area contributed by atoms with Gasteiger partial charge in [-0.25, -0.2) is 9.97 Å².